The molecule has 3 aliphatic heterocycles. The molecule has 7 nitrogen and oxygen atoms in total. The van der Waals surface area contributed by atoms with E-state index in [2.05, 4.69) is 20.7 Å². The van der Waals surface area contributed by atoms with Crippen LogP contribution in [0.25, 0.3) is 0 Å². The third-order valence-corrected chi connectivity index (χ3v) is 4.64. The first kappa shape index (κ1) is 15.8. The Balaban J connectivity index is 1.50. The maximum absolute atomic E-state index is 10.7. The topological polar surface area (TPSA) is 82.8 Å². The zero-order valence-electron chi connectivity index (χ0n) is 12.6. The van der Waals surface area contributed by atoms with Gasteiger partial charge in [0.25, 0.3) is 5.69 Å². The van der Waals surface area contributed by atoms with Gasteiger partial charge in [-0.1, -0.05) is 12.1 Å². The number of piperidine rings is 3. The molecule has 2 N–H and O–H groups in total. The van der Waals surface area contributed by atoms with E-state index in [1.807, 2.05) is 0 Å². The largest absolute Gasteiger partial charge is 0.357 e. The Hall–Kier alpha value is -2.06. The van der Waals surface area contributed by atoms with Crippen molar-refractivity contribution >= 4 is 29.2 Å². The molecular formula is C15H19N5O2S. The van der Waals surface area contributed by atoms with Crippen molar-refractivity contribution in [2.24, 2.45) is 11.0 Å². The lowest BCUT2D eigenvalue weighted by Crippen LogP contribution is -2.58. The average molecular weight is 333 g/mol. The number of hydrazone groups is 1. The van der Waals surface area contributed by atoms with Gasteiger partial charge in [0.2, 0.25) is 0 Å². The number of hydrogen-bond donors (Lipinski definition) is 2. The molecule has 1 unspecified atom stereocenters. The summed E-state index contributed by atoms with van der Waals surface area (Å²) in [5, 5.41) is 18.6. The van der Waals surface area contributed by atoms with Gasteiger partial charge < -0.3 is 10.2 Å². The van der Waals surface area contributed by atoms with Gasteiger partial charge in [-0.3, -0.25) is 15.5 Å². The van der Waals surface area contributed by atoms with Crippen LogP contribution < -0.4 is 10.7 Å². The van der Waals surface area contributed by atoms with Crippen LogP contribution in [0.15, 0.2) is 29.4 Å². The summed E-state index contributed by atoms with van der Waals surface area (Å²) in [6.07, 6.45) is 3.96. The van der Waals surface area contributed by atoms with E-state index in [9.17, 15) is 10.1 Å². The van der Waals surface area contributed by atoms with Crippen molar-refractivity contribution in [1.29, 1.82) is 0 Å². The molecule has 3 aliphatic rings. The predicted octanol–water partition coefficient (Wildman–Crippen LogP) is 1.49. The third-order valence-electron chi connectivity index (χ3n) is 4.43. The molecule has 0 amide bonds. The molecule has 3 fully saturated rings. The number of nitrogens with zero attached hydrogens (tertiary/aromatic N) is 3. The molecule has 2 bridgehead atoms. The van der Waals surface area contributed by atoms with Gasteiger partial charge in [0.15, 0.2) is 5.11 Å². The molecule has 23 heavy (non-hydrogen) atoms. The molecule has 0 aromatic heterocycles. The molecule has 3 heterocycles. The van der Waals surface area contributed by atoms with Crippen molar-refractivity contribution < 1.29 is 4.92 Å². The molecule has 8 heteroatoms. The Morgan fingerprint density at radius 1 is 1.43 bits per heavy atom. The highest BCUT2D eigenvalue weighted by Gasteiger charge is 2.34. The second-order valence-electron chi connectivity index (χ2n) is 5.94. The third kappa shape index (κ3) is 4.02. The maximum atomic E-state index is 10.7. The van der Waals surface area contributed by atoms with Crippen molar-refractivity contribution in [2.75, 3.05) is 19.6 Å². The number of nitro benzene ring substituents is 1. The Morgan fingerprint density at radius 2 is 2.22 bits per heavy atom. The van der Waals surface area contributed by atoms with Gasteiger partial charge in [0.1, 0.15) is 0 Å². The zero-order valence-corrected chi connectivity index (χ0v) is 13.5. The summed E-state index contributed by atoms with van der Waals surface area (Å²) in [4.78, 5) is 12.8. The molecule has 122 valence electrons. The number of nitrogens with one attached hydrogen (secondary N) is 2. The van der Waals surface area contributed by atoms with Crippen LogP contribution in [0.4, 0.5) is 5.69 Å². The van der Waals surface area contributed by atoms with Gasteiger partial charge in [0, 0.05) is 30.3 Å². The Bertz CT molecular complexity index is 628. The first-order valence-corrected chi connectivity index (χ1v) is 8.09. The highest BCUT2D eigenvalue weighted by Crippen LogP contribution is 2.27. The van der Waals surface area contributed by atoms with Crippen LogP contribution in [-0.2, 0) is 0 Å². The van der Waals surface area contributed by atoms with Gasteiger partial charge in [-0.15, -0.1) is 0 Å². The van der Waals surface area contributed by atoms with E-state index in [0.717, 1.165) is 6.54 Å². The minimum absolute atomic E-state index is 0.0435. The molecule has 3 saturated heterocycles. The van der Waals surface area contributed by atoms with E-state index in [1.54, 1.807) is 12.1 Å². The average Bonchev–Trinajstić information content (AvgIpc) is 2.56. The number of hydrogen-bond acceptors (Lipinski definition) is 5. The van der Waals surface area contributed by atoms with Gasteiger partial charge in [-0.05, 0) is 44.1 Å². The fourth-order valence-corrected chi connectivity index (χ4v) is 3.42. The highest BCUT2D eigenvalue weighted by atomic mass is 32.1. The smallest absolute Gasteiger partial charge is 0.270 e. The molecular weight excluding hydrogens is 314 g/mol. The minimum atomic E-state index is -0.426. The van der Waals surface area contributed by atoms with Crippen LogP contribution in [-0.4, -0.2) is 46.8 Å². The Kier molecular flexibility index (Phi) is 4.82. The van der Waals surface area contributed by atoms with Crippen LogP contribution in [0.2, 0.25) is 0 Å². The second kappa shape index (κ2) is 7.01. The van der Waals surface area contributed by atoms with Gasteiger partial charge in [-0.2, -0.15) is 5.10 Å². The summed E-state index contributed by atoms with van der Waals surface area (Å²) in [7, 11) is 0. The van der Waals surface area contributed by atoms with Crippen molar-refractivity contribution in [3.8, 4) is 0 Å². The van der Waals surface area contributed by atoms with Crippen LogP contribution in [0.3, 0.4) is 0 Å². The van der Waals surface area contributed by atoms with Crippen molar-refractivity contribution in [2.45, 2.75) is 18.9 Å². The fourth-order valence-electron chi connectivity index (χ4n) is 3.21. The van der Waals surface area contributed by atoms with Gasteiger partial charge >= 0.3 is 0 Å². The molecule has 0 radical (unpaired) electrons. The lowest BCUT2D eigenvalue weighted by Gasteiger charge is -2.45. The van der Waals surface area contributed by atoms with E-state index in [1.165, 1.54) is 44.3 Å². The summed E-state index contributed by atoms with van der Waals surface area (Å²) in [6.45, 7) is 3.41. The molecule has 4 rings (SSSR count). The molecule has 0 saturated carbocycles. The van der Waals surface area contributed by atoms with E-state index >= 15 is 0 Å². The van der Waals surface area contributed by atoms with Crippen LogP contribution in [0.1, 0.15) is 18.4 Å². The minimum Gasteiger partial charge on any atom is -0.357 e. The standard InChI is InChI=1S/C15H19N5O2S/c21-20(22)13-3-1-2-11(8-13)9-16-18-15(23)17-14-10-19-6-4-12(14)5-7-19/h1-3,8-9,12,14H,4-7,10H2,(H2,17,18,23). The van der Waals surface area contributed by atoms with Crippen molar-refractivity contribution in [3.05, 3.63) is 39.9 Å². The van der Waals surface area contributed by atoms with E-state index in [-0.39, 0.29) is 5.69 Å². The van der Waals surface area contributed by atoms with Crippen LogP contribution in [0.5, 0.6) is 0 Å². The number of fused-ring (bicyclic) bond motifs is 3. The molecule has 1 aromatic rings. The SMILES string of the molecule is O=[N+]([O-])c1cccc(C=NNC(=S)NC2CN3CCC2CC3)c1. The fraction of sp³-hybridized carbons (Fsp3) is 0.467. The molecule has 1 atom stereocenters. The molecule has 0 aliphatic carbocycles. The van der Waals surface area contributed by atoms with E-state index < -0.39 is 4.92 Å². The second-order valence-corrected chi connectivity index (χ2v) is 6.35. The number of non-ortho nitro benzene ring substituents is 1. The highest BCUT2D eigenvalue weighted by molar-refractivity contribution is 7.80. The summed E-state index contributed by atoms with van der Waals surface area (Å²) in [5.41, 5.74) is 3.48. The summed E-state index contributed by atoms with van der Waals surface area (Å²) < 4.78 is 0. The van der Waals surface area contributed by atoms with E-state index in [4.69, 9.17) is 12.2 Å². The summed E-state index contributed by atoms with van der Waals surface area (Å²) in [6, 6.07) is 6.68. The van der Waals surface area contributed by atoms with Gasteiger partial charge in [-0.25, -0.2) is 0 Å². The number of nitro groups is 1. The first-order valence-electron chi connectivity index (χ1n) is 7.68. The number of rotatable bonds is 4. The lowest BCUT2D eigenvalue weighted by molar-refractivity contribution is -0.384. The quantitative estimate of drug-likeness (QED) is 0.376. The number of thiocarbonyl (C=S) groups is 1. The van der Waals surface area contributed by atoms with Crippen LogP contribution >= 0.6 is 12.2 Å². The van der Waals surface area contributed by atoms with E-state index in [0.29, 0.717) is 22.6 Å². The first-order chi connectivity index (χ1) is 11.1. The Labute approximate surface area is 139 Å². The molecule has 0 spiro atoms. The predicted molar refractivity (Wildman–Crippen MR) is 92.5 cm³/mol. The monoisotopic (exact) mass is 333 g/mol. The maximum Gasteiger partial charge on any atom is 0.270 e. The Morgan fingerprint density at radius 3 is 2.87 bits per heavy atom. The van der Waals surface area contributed by atoms with Gasteiger partial charge in [0.05, 0.1) is 11.1 Å². The summed E-state index contributed by atoms with van der Waals surface area (Å²) >= 11 is 5.27. The van der Waals surface area contributed by atoms with Crippen molar-refractivity contribution in [1.82, 2.24) is 15.6 Å². The lowest BCUT2D eigenvalue weighted by atomic mass is 9.84. The zero-order chi connectivity index (χ0) is 16.2. The molecule has 1 aromatic carbocycles. The van der Waals surface area contributed by atoms with Crippen LogP contribution in [0, 0.1) is 16.0 Å². The van der Waals surface area contributed by atoms with Crippen molar-refractivity contribution in [3.63, 3.8) is 0 Å². The normalized spacial score (nSPS) is 26.2. The number of benzene rings is 1. The summed E-state index contributed by atoms with van der Waals surface area (Å²) in [5.74, 6) is 0.681.